The molecule has 3 nitrogen and oxygen atoms in total. The lowest BCUT2D eigenvalue weighted by atomic mass is 9.92. The quantitative estimate of drug-likeness (QED) is 0.884. The minimum atomic E-state index is -1.03. The second-order valence-electron chi connectivity index (χ2n) is 3.47. The monoisotopic (exact) mass is 271 g/mol. The van der Waals surface area contributed by atoms with E-state index in [4.69, 9.17) is 0 Å². The molecule has 0 aromatic heterocycles. The molecule has 0 aliphatic carbocycles. The Morgan fingerprint density at radius 1 is 1.60 bits per heavy atom. The SMILES string of the molecule is CCN[C@](C)(C(=O)O)c1cccc(Br)c1. The van der Waals surface area contributed by atoms with Crippen LogP contribution in [0.3, 0.4) is 0 Å². The number of hydrogen-bond donors (Lipinski definition) is 2. The summed E-state index contributed by atoms with van der Waals surface area (Å²) in [5.74, 6) is -0.873. The summed E-state index contributed by atoms with van der Waals surface area (Å²) in [6.07, 6.45) is 0. The van der Waals surface area contributed by atoms with Crippen molar-refractivity contribution in [1.82, 2.24) is 5.32 Å². The minimum absolute atomic E-state index is 0.606. The van der Waals surface area contributed by atoms with Gasteiger partial charge in [0.05, 0.1) is 0 Å². The third-order valence-electron chi connectivity index (χ3n) is 2.36. The smallest absolute Gasteiger partial charge is 0.328 e. The zero-order valence-electron chi connectivity index (χ0n) is 8.75. The molecule has 4 heteroatoms. The number of carboxylic acid groups (broad SMARTS) is 1. The molecule has 0 spiro atoms. The van der Waals surface area contributed by atoms with Crippen LogP contribution in [0.15, 0.2) is 28.7 Å². The van der Waals surface area contributed by atoms with Crippen LogP contribution in [-0.2, 0) is 10.3 Å². The third-order valence-corrected chi connectivity index (χ3v) is 2.85. The van der Waals surface area contributed by atoms with Crippen molar-refractivity contribution in [2.75, 3.05) is 6.54 Å². The molecule has 0 bridgehead atoms. The Morgan fingerprint density at radius 2 is 2.27 bits per heavy atom. The standard InChI is InChI=1S/C11H14BrNO2/c1-3-13-11(2,10(14)15)8-5-4-6-9(12)7-8/h4-7,13H,3H2,1-2H3,(H,14,15)/t11-/m0/s1. The molecular formula is C11H14BrNO2. The summed E-state index contributed by atoms with van der Waals surface area (Å²) >= 11 is 3.33. The molecule has 15 heavy (non-hydrogen) atoms. The Kier molecular flexibility index (Phi) is 3.88. The molecule has 0 aliphatic rings. The predicted octanol–water partition coefficient (Wildman–Crippen LogP) is 2.36. The van der Waals surface area contributed by atoms with E-state index in [0.29, 0.717) is 6.54 Å². The summed E-state index contributed by atoms with van der Waals surface area (Å²) in [7, 11) is 0. The van der Waals surface area contributed by atoms with Crippen molar-refractivity contribution in [3.63, 3.8) is 0 Å². The Hall–Kier alpha value is -0.870. The van der Waals surface area contributed by atoms with E-state index in [0.717, 1.165) is 10.0 Å². The Balaban J connectivity index is 3.15. The van der Waals surface area contributed by atoms with Crippen LogP contribution in [-0.4, -0.2) is 17.6 Å². The van der Waals surface area contributed by atoms with Crippen LogP contribution in [0.1, 0.15) is 19.4 Å². The molecular weight excluding hydrogens is 258 g/mol. The number of carbonyl (C=O) groups is 1. The van der Waals surface area contributed by atoms with Gasteiger partial charge in [0, 0.05) is 4.47 Å². The maximum absolute atomic E-state index is 11.2. The first-order chi connectivity index (χ1) is 7.00. The molecule has 1 atom stereocenters. The summed E-state index contributed by atoms with van der Waals surface area (Å²) in [5.41, 5.74) is -0.287. The Labute approximate surface area is 97.6 Å². The number of nitrogens with one attached hydrogen (secondary N) is 1. The lowest BCUT2D eigenvalue weighted by Gasteiger charge is -2.26. The number of hydrogen-bond acceptors (Lipinski definition) is 2. The van der Waals surface area contributed by atoms with Gasteiger partial charge in [0.1, 0.15) is 5.54 Å². The van der Waals surface area contributed by atoms with Crippen LogP contribution < -0.4 is 5.32 Å². The van der Waals surface area contributed by atoms with E-state index >= 15 is 0 Å². The highest BCUT2D eigenvalue weighted by Crippen LogP contribution is 2.23. The van der Waals surface area contributed by atoms with E-state index in [9.17, 15) is 9.90 Å². The van der Waals surface area contributed by atoms with E-state index in [-0.39, 0.29) is 0 Å². The van der Waals surface area contributed by atoms with E-state index in [2.05, 4.69) is 21.2 Å². The number of carboxylic acids is 1. The van der Waals surface area contributed by atoms with Crippen molar-refractivity contribution in [2.24, 2.45) is 0 Å². The molecule has 0 aliphatic heterocycles. The first-order valence-electron chi connectivity index (χ1n) is 4.75. The second kappa shape index (κ2) is 4.77. The highest BCUT2D eigenvalue weighted by molar-refractivity contribution is 9.10. The van der Waals surface area contributed by atoms with Gasteiger partial charge in [-0.1, -0.05) is 35.0 Å². The molecule has 0 saturated carbocycles. The summed E-state index contributed by atoms with van der Waals surface area (Å²) in [4.78, 5) is 11.2. The molecule has 0 unspecified atom stereocenters. The minimum Gasteiger partial charge on any atom is -0.480 e. The van der Waals surface area contributed by atoms with E-state index < -0.39 is 11.5 Å². The van der Waals surface area contributed by atoms with Crippen molar-refractivity contribution in [3.05, 3.63) is 34.3 Å². The van der Waals surface area contributed by atoms with Gasteiger partial charge in [-0.3, -0.25) is 5.32 Å². The molecule has 1 aromatic carbocycles. The lowest BCUT2D eigenvalue weighted by molar-refractivity contribution is -0.144. The van der Waals surface area contributed by atoms with Crippen molar-refractivity contribution in [2.45, 2.75) is 19.4 Å². The average molecular weight is 272 g/mol. The predicted molar refractivity (Wildman–Crippen MR) is 62.8 cm³/mol. The molecule has 2 N–H and O–H groups in total. The maximum Gasteiger partial charge on any atom is 0.328 e. The Bertz CT molecular complexity index is 367. The number of likely N-dealkylation sites (N-methyl/N-ethyl adjacent to an activating group) is 1. The summed E-state index contributed by atoms with van der Waals surface area (Å²) in [6, 6.07) is 7.33. The zero-order chi connectivity index (χ0) is 11.5. The highest BCUT2D eigenvalue weighted by Gasteiger charge is 2.34. The van der Waals surface area contributed by atoms with E-state index in [1.807, 2.05) is 31.2 Å². The summed E-state index contributed by atoms with van der Waals surface area (Å²) < 4.78 is 0.880. The first-order valence-corrected chi connectivity index (χ1v) is 5.54. The maximum atomic E-state index is 11.2. The largest absolute Gasteiger partial charge is 0.480 e. The molecule has 0 heterocycles. The number of rotatable bonds is 4. The van der Waals surface area contributed by atoms with E-state index in [1.165, 1.54) is 0 Å². The third kappa shape index (κ3) is 2.58. The van der Waals surface area contributed by atoms with Crippen LogP contribution in [0.25, 0.3) is 0 Å². The van der Waals surface area contributed by atoms with Crippen LogP contribution in [0.5, 0.6) is 0 Å². The van der Waals surface area contributed by atoms with Gasteiger partial charge in [-0.15, -0.1) is 0 Å². The molecule has 0 radical (unpaired) electrons. The Morgan fingerprint density at radius 3 is 2.73 bits per heavy atom. The van der Waals surface area contributed by atoms with Gasteiger partial charge in [0.15, 0.2) is 0 Å². The zero-order valence-corrected chi connectivity index (χ0v) is 10.3. The summed E-state index contributed by atoms with van der Waals surface area (Å²) in [5, 5.41) is 12.2. The molecule has 1 rings (SSSR count). The molecule has 0 saturated heterocycles. The fourth-order valence-corrected chi connectivity index (χ4v) is 1.85. The van der Waals surface area contributed by atoms with Crippen molar-refractivity contribution >= 4 is 21.9 Å². The van der Waals surface area contributed by atoms with Gasteiger partial charge in [-0.05, 0) is 31.2 Å². The van der Waals surface area contributed by atoms with Gasteiger partial charge >= 0.3 is 5.97 Å². The number of aliphatic carboxylic acids is 1. The van der Waals surface area contributed by atoms with Crippen LogP contribution >= 0.6 is 15.9 Å². The molecule has 0 amide bonds. The van der Waals surface area contributed by atoms with Crippen molar-refractivity contribution in [1.29, 1.82) is 0 Å². The van der Waals surface area contributed by atoms with Gasteiger partial charge in [0.2, 0.25) is 0 Å². The van der Waals surface area contributed by atoms with Gasteiger partial charge in [-0.2, -0.15) is 0 Å². The van der Waals surface area contributed by atoms with Crippen LogP contribution in [0, 0.1) is 0 Å². The van der Waals surface area contributed by atoms with Gasteiger partial charge in [0.25, 0.3) is 0 Å². The van der Waals surface area contributed by atoms with Crippen molar-refractivity contribution in [3.8, 4) is 0 Å². The van der Waals surface area contributed by atoms with Crippen LogP contribution in [0.4, 0.5) is 0 Å². The highest BCUT2D eigenvalue weighted by atomic mass is 79.9. The summed E-state index contributed by atoms with van der Waals surface area (Å²) in [6.45, 7) is 4.16. The number of halogens is 1. The van der Waals surface area contributed by atoms with Gasteiger partial charge in [-0.25, -0.2) is 4.79 Å². The fourth-order valence-electron chi connectivity index (χ4n) is 1.45. The average Bonchev–Trinajstić information content (AvgIpc) is 2.17. The molecule has 0 fully saturated rings. The lowest BCUT2D eigenvalue weighted by Crippen LogP contribution is -2.46. The molecule has 82 valence electrons. The number of benzene rings is 1. The molecule has 1 aromatic rings. The van der Waals surface area contributed by atoms with E-state index in [1.54, 1.807) is 6.92 Å². The van der Waals surface area contributed by atoms with Crippen LogP contribution in [0.2, 0.25) is 0 Å². The van der Waals surface area contributed by atoms with Crippen molar-refractivity contribution < 1.29 is 9.90 Å². The fraction of sp³-hybridized carbons (Fsp3) is 0.364. The van der Waals surface area contributed by atoms with Gasteiger partial charge < -0.3 is 5.11 Å². The topological polar surface area (TPSA) is 49.3 Å². The first kappa shape index (κ1) is 12.2. The second-order valence-corrected chi connectivity index (χ2v) is 4.39. The normalized spacial score (nSPS) is 14.6.